The van der Waals surface area contributed by atoms with Crippen LogP contribution in [0.15, 0.2) is 11.6 Å². The molecule has 0 amide bonds. The van der Waals surface area contributed by atoms with E-state index in [-0.39, 0.29) is 18.5 Å². The number of allylic oxidation sites excluding steroid dienone is 2. The van der Waals surface area contributed by atoms with Crippen molar-refractivity contribution in [3.05, 3.63) is 11.6 Å². The van der Waals surface area contributed by atoms with Gasteiger partial charge in [0.1, 0.15) is 0 Å². The number of hydrogen-bond acceptors (Lipinski definition) is 3. The Kier molecular flexibility index (Phi) is 21.1. The fourth-order valence-electron chi connectivity index (χ4n) is 8.93. The lowest BCUT2D eigenvalue weighted by molar-refractivity contribution is -0.144. The topological polar surface area (TPSA) is 46.5 Å². The minimum absolute atomic E-state index is 0.0493. The Hall–Kier alpha value is -0.830. The number of carbonyl (C=O) groups is 1. The molecule has 0 unspecified atom stereocenters. The summed E-state index contributed by atoms with van der Waals surface area (Å²) < 4.78 is 5.61. The second-order valence-corrected chi connectivity index (χ2v) is 16.1. The van der Waals surface area contributed by atoms with E-state index in [1.54, 1.807) is 5.57 Å². The predicted molar refractivity (Wildman–Crippen MR) is 194 cm³/mol. The maximum atomic E-state index is 12.3. The molecular weight excluding hydrogens is 552 g/mol. The second kappa shape index (κ2) is 23.5. The number of aliphatic hydroxyl groups is 1. The molecule has 2 aliphatic rings. The monoisotopic (exact) mass is 631 g/mol. The highest BCUT2D eigenvalue weighted by Crippen LogP contribution is 2.62. The highest BCUT2D eigenvalue weighted by atomic mass is 16.5. The Morgan fingerprint density at radius 3 is 1.84 bits per heavy atom. The number of carbonyl (C=O) groups excluding carboxylic acids is 1. The molecular formula is C42H78O3. The third kappa shape index (κ3) is 14.9. The van der Waals surface area contributed by atoms with Crippen LogP contribution >= 0.6 is 0 Å². The van der Waals surface area contributed by atoms with Crippen molar-refractivity contribution in [3.63, 3.8) is 0 Å². The normalized spacial score (nSPS) is 25.5. The molecule has 1 N–H and O–H groups in total. The van der Waals surface area contributed by atoms with Crippen LogP contribution in [0.4, 0.5) is 0 Å². The van der Waals surface area contributed by atoms with Gasteiger partial charge in [-0.2, -0.15) is 0 Å². The van der Waals surface area contributed by atoms with Gasteiger partial charge in [0, 0.05) is 13.0 Å². The van der Waals surface area contributed by atoms with E-state index in [2.05, 4.69) is 40.7 Å². The lowest BCUT2D eigenvalue weighted by Gasteiger charge is -2.58. The molecule has 0 radical (unpaired) electrons. The van der Waals surface area contributed by atoms with Crippen molar-refractivity contribution in [3.8, 4) is 0 Å². The van der Waals surface area contributed by atoms with Crippen molar-refractivity contribution < 1.29 is 14.6 Å². The zero-order valence-corrected chi connectivity index (χ0v) is 31.1. The van der Waals surface area contributed by atoms with Crippen LogP contribution in [-0.4, -0.2) is 24.3 Å². The molecule has 1 fully saturated rings. The van der Waals surface area contributed by atoms with Gasteiger partial charge in [0.25, 0.3) is 0 Å². The smallest absolute Gasteiger partial charge is 0.305 e. The molecule has 0 aromatic heterocycles. The van der Waals surface area contributed by atoms with Crippen molar-refractivity contribution in [2.24, 2.45) is 28.6 Å². The summed E-state index contributed by atoms with van der Waals surface area (Å²) in [7, 11) is 0. The van der Waals surface area contributed by atoms with Gasteiger partial charge >= 0.3 is 5.97 Å². The summed E-state index contributed by atoms with van der Waals surface area (Å²) in [6, 6.07) is 0. The van der Waals surface area contributed by atoms with Gasteiger partial charge in [-0.05, 0) is 86.9 Å². The van der Waals surface area contributed by atoms with Crippen molar-refractivity contribution in [2.45, 2.75) is 208 Å². The molecule has 45 heavy (non-hydrogen) atoms. The summed E-state index contributed by atoms with van der Waals surface area (Å²) in [5.74, 6) is 1.63. The number of hydrogen-bond donors (Lipinski definition) is 1. The maximum absolute atomic E-state index is 12.3. The van der Waals surface area contributed by atoms with Crippen LogP contribution < -0.4 is 0 Å². The van der Waals surface area contributed by atoms with Gasteiger partial charge in [-0.3, -0.25) is 4.79 Å². The SMILES string of the molecule is CCCCCCCCCCCCCCCCCCCCCC(=O)OCC[C@H](CO)CC[C@@]1(C)[C@H](C)CC[C@@]2(C)C(C)=CCC[C@H]12. The Labute approximate surface area is 281 Å². The van der Waals surface area contributed by atoms with Gasteiger partial charge in [-0.15, -0.1) is 0 Å². The Balaban J connectivity index is 1.43. The van der Waals surface area contributed by atoms with E-state index in [9.17, 15) is 9.90 Å². The summed E-state index contributed by atoms with van der Waals surface area (Å²) in [5, 5.41) is 10.1. The molecule has 0 aliphatic heterocycles. The fraction of sp³-hybridized carbons (Fsp3) is 0.929. The molecule has 2 aliphatic carbocycles. The van der Waals surface area contributed by atoms with Crippen LogP contribution in [0.25, 0.3) is 0 Å². The molecule has 2 rings (SSSR count). The average Bonchev–Trinajstić information content (AvgIpc) is 3.03. The minimum atomic E-state index is -0.0493. The minimum Gasteiger partial charge on any atom is -0.466 e. The van der Waals surface area contributed by atoms with E-state index in [0.29, 0.717) is 23.9 Å². The van der Waals surface area contributed by atoms with Crippen LogP contribution in [0.2, 0.25) is 0 Å². The van der Waals surface area contributed by atoms with Gasteiger partial charge < -0.3 is 9.84 Å². The number of rotatable bonds is 27. The van der Waals surface area contributed by atoms with Crippen molar-refractivity contribution in [1.29, 1.82) is 0 Å². The van der Waals surface area contributed by atoms with Crippen molar-refractivity contribution in [1.82, 2.24) is 0 Å². The molecule has 3 nitrogen and oxygen atoms in total. The number of unbranched alkanes of at least 4 members (excludes halogenated alkanes) is 18. The predicted octanol–water partition coefficient (Wildman–Crippen LogP) is 12.9. The van der Waals surface area contributed by atoms with E-state index in [0.717, 1.165) is 37.5 Å². The second-order valence-electron chi connectivity index (χ2n) is 16.1. The van der Waals surface area contributed by atoms with Crippen LogP contribution in [-0.2, 0) is 9.53 Å². The highest BCUT2D eigenvalue weighted by Gasteiger charge is 2.52. The van der Waals surface area contributed by atoms with Gasteiger partial charge in [0.15, 0.2) is 0 Å². The number of esters is 1. The first kappa shape index (κ1) is 40.3. The maximum Gasteiger partial charge on any atom is 0.305 e. The van der Waals surface area contributed by atoms with Crippen LogP contribution in [0.5, 0.6) is 0 Å². The zero-order valence-electron chi connectivity index (χ0n) is 31.1. The Morgan fingerprint density at radius 1 is 0.822 bits per heavy atom. The molecule has 0 heterocycles. The number of aliphatic hydroxyl groups excluding tert-OH is 1. The summed E-state index contributed by atoms with van der Waals surface area (Å²) in [5.41, 5.74) is 2.27. The quantitative estimate of drug-likeness (QED) is 0.0558. The number of fused-ring (bicyclic) bond motifs is 1. The summed E-state index contributed by atoms with van der Waals surface area (Å²) in [6.45, 7) is 12.8. The third-order valence-electron chi connectivity index (χ3n) is 12.7. The molecule has 5 atom stereocenters. The summed E-state index contributed by atoms with van der Waals surface area (Å²) >= 11 is 0. The standard InChI is InChI=1S/C42H78O3/c1-6-7-8-9-10-11-12-13-14-15-16-17-18-19-20-21-22-23-24-28-40(44)45-34-31-38(35-43)30-33-42(5)37(3)29-32-41(4)36(2)26-25-27-39(41)42/h26,37-39,43H,6-25,27-35H2,1-5H3/t37-,38-,39+,41+,42+/m1/s1. The molecule has 3 heteroatoms. The fourth-order valence-corrected chi connectivity index (χ4v) is 8.93. The molecule has 264 valence electrons. The van der Waals surface area contributed by atoms with Crippen molar-refractivity contribution in [2.75, 3.05) is 13.2 Å². The molecule has 0 saturated heterocycles. The first-order valence-corrected chi connectivity index (χ1v) is 20.2. The van der Waals surface area contributed by atoms with E-state index < -0.39 is 0 Å². The van der Waals surface area contributed by atoms with Gasteiger partial charge in [-0.1, -0.05) is 155 Å². The van der Waals surface area contributed by atoms with E-state index in [1.165, 1.54) is 141 Å². The molecule has 0 spiro atoms. The number of ether oxygens (including phenoxy) is 1. The lowest BCUT2D eigenvalue weighted by Crippen LogP contribution is -2.49. The highest BCUT2D eigenvalue weighted by molar-refractivity contribution is 5.69. The van der Waals surface area contributed by atoms with E-state index >= 15 is 0 Å². The molecule has 0 aromatic carbocycles. The van der Waals surface area contributed by atoms with E-state index in [4.69, 9.17) is 4.74 Å². The van der Waals surface area contributed by atoms with Crippen molar-refractivity contribution >= 4 is 5.97 Å². The summed E-state index contributed by atoms with van der Waals surface area (Å²) in [4.78, 5) is 12.3. The Bertz CT molecular complexity index is 789. The third-order valence-corrected chi connectivity index (χ3v) is 12.7. The van der Waals surface area contributed by atoms with Crippen LogP contribution in [0.3, 0.4) is 0 Å². The van der Waals surface area contributed by atoms with Crippen LogP contribution in [0.1, 0.15) is 208 Å². The average molecular weight is 631 g/mol. The summed E-state index contributed by atoms with van der Waals surface area (Å²) in [6.07, 6.45) is 37.1. The lowest BCUT2D eigenvalue weighted by atomic mass is 9.47. The van der Waals surface area contributed by atoms with E-state index in [1.807, 2.05) is 0 Å². The van der Waals surface area contributed by atoms with Crippen LogP contribution in [0, 0.1) is 28.6 Å². The molecule has 1 saturated carbocycles. The van der Waals surface area contributed by atoms with Gasteiger partial charge in [0.05, 0.1) is 6.61 Å². The largest absolute Gasteiger partial charge is 0.466 e. The molecule has 0 aromatic rings. The zero-order chi connectivity index (χ0) is 32.8. The molecule has 0 bridgehead atoms. The van der Waals surface area contributed by atoms with Gasteiger partial charge in [0.2, 0.25) is 0 Å². The first-order chi connectivity index (χ1) is 21.8. The van der Waals surface area contributed by atoms with Gasteiger partial charge in [-0.25, -0.2) is 0 Å². The first-order valence-electron chi connectivity index (χ1n) is 20.2. The Morgan fingerprint density at radius 2 is 1.33 bits per heavy atom.